The van der Waals surface area contributed by atoms with Crippen LogP contribution in [-0.4, -0.2) is 36.4 Å². The summed E-state index contributed by atoms with van der Waals surface area (Å²) in [6.45, 7) is 1.68. The monoisotopic (exact) mass is 467 g/mol. The van der Waals surface area contributed by atoms with Crippen LogP contribution in [0.1, 0.15) is 5.56 Å². The number of thiazole rings is 1. The number of anilines is 1. The zero-order valence-electron chi connectivity index (χ0n) is 16.8. The number of aryl methyl sites for hydroxylation is 1. The van der Waals surface area contributed by atoms with Crippen molar-refractivity contribution in [3.05, 3.63) is 69.6 Å². The minimum atomic E-state index is -0.426. The highest BCUT2D eigenvalue weighted by atomic mass is 32.2. The molecule has 0 saturated carbocycles. The fourth-order valence-electron chi connectivity index (χ4n) is 2.87. The molecule has 0 bridgehead atoms. The van der Waals surface area contributed by atoms with Crippen LogP contribution in [0.15, 0.2) is 59.1 Å². The maximum Gasteiger partial charge on any atom is 0.272 e. The van der Waals surface area contributed by atoms with Gasteiger partial charge in [-0.3, -0.25) is 14.9 Å². The van der Waals surface area contributed by atoms with E-state index in [1.807, 2.05) is 30.3 Å². The molecule has 0 saturated heterocycles. The fraction of sp³-hybridized carbons (Fsp3) is 0.100. The summed E-state index contributed by atoms with van der Waals surface area (Å²) in [5.41, 5.74) is 2.58. The van der Waals surface area contributed by atoms with Crippen molar-refractivity contribution in [3.8, 4) is 22.6 Å². The normalized spacial score (nSPS) is 10.8. The van der Waals surface area contributed by atoms with Crippen LogP contribution in [0.25, 0.3) is 22.6 Å². The van der Waals surface area contributed by atoms with E-state index in [0.29, 0.717) is 32.9 Å². The number of rotatable bonds is 7. The van der Waals surface area contributed by atoms with Crippen LogP contribution in [0, 0.1) is 17.0 Å². The summed E-state index contributed by atoms with van der Waals surface area (Å²) in [5.74, 6) is 6.35. The molecule has 4 rings (SSSR count). The SMILES string of the molecule is Cc1ccc(-c2csc(NC(=O)CSc3nnc(-c4ccccc4)n3N)n2)cc1[N+](=O)[O-]. The number of nitro groups is 1. The molecule has 0 spiro atoms. The number of nitrogens with one attached hydrogen (secondary N) is 1. The van der Waals surface area contributed by atoms with Gasteiger partial charge in [0.15, 0.2) is 11.0 Å². The topological polar surface area (TPSA) is 142 Å². The Labute approximate surface area is 190 Å². The highest BCUT2D eigenvalue weighted by Gasteiger charge is 2.16. The molecule has 0 aliphatic carbocycles. The van der Waals surface area contributed by atoms with Crippen molar-refractivity contribution in [1.82, 2.24) is 19.9 Å². The van der Waals surface area contributed by atoms with Gasteiger partial charge in [-0.25, -0.2) is 9.66 Å². The largest absolute Gasteiger partial charge is 0.335 e. The number of benzene rings is 2. The Morgan fingerprint density at radius 1 is 1.22 bits per heavy atom. The van der Waals surface area contributed by atoms with Gasteiger partial charge in [-0.15, -0.1) is 21.5 Å². The lowest BCUT2D eigenvalue weighted by Gasteiger charge is -2.04. The second-order valence-corrected chi connectivity index (χ2v) is 8.48. The van der Waals surface area contributed by atoms with E-state index in [2.05, 4.69) is 20.5 Å². The van der Waals surface area contributed by atoms with Crippen LogP contribution in [0.5, 0.6) is 0 Å². The Morgan fingerprint density at radius 2 is 2.00 bits per heavy atom. The molecule has 0 fully saturated rings. The van der Waals surface area contributed by atoms with E-state index in [0.717, 1.165) is 17.3 Å². The Balaban J connectivity index is 1.39. The quantitative estimate of drug-likeness (QED) is 0.181. The molecule has 3 N–H and O–H groups in total. The molecule has 2 heterocycles. The highest BCUT2D eigenvalue weighted by molar-refractivity contribution is 7.99. The summed E-state index contributed by atoms with van der Waals surface area (Å²) in [5, 5.41) is 24.6. The number of hydrogen-bond acceptors (Lipinski definition) is 9. The third-order valence-corrected chi connectivity index (χ3v) is 6.18. The van der Waals surface area contributed by atoms with Crippen molar-refractivity contribution in [2.45, 2.75) is 12.1 Å². The number of amides is 1. The molecular formula is C20H17N7O3S2. The number of thioether (sulfide) groups is 1. The molecule has 10 nitrogen and oxygen atoms in total. The first-order valence-electron chi connectivity index (χ1n) is 9.32. The summed E-state index contributed by atoms with van der Waals surface area (Å²) in [6, 6.07) is 14.3. The third-order valence-electron chi connectivity index (χ3n) is 4.48. The van der Waals surface area contributed by atoms with Crippen LogP contribution in [0.3, 0.4) is 0 Å². The Morgan fingerprint density at radius 3 is 2.75 bits per heavy atom. The van der Waals surface area contributed by atoms with E-state index in [9.17, 15) is 14.9 Å². The second kappa shape index (κ2) is 9.16. The van der Waals surface area contributed by atoms with Crippen LogP contribution < -0.4 is 11.2 Å². The molecule has 12 heteroatoms. The third kappa shape index (κ3) is 4.60. The van der Waals surface area contributed by atoms with Crippen molar-refractivity contribution in [2.24, 2.45) is 0 Å². The predicted molar refractivity (Wildman–Crippen MR) is 124 cm³/mol. The van der Waals surface area contributed by atoms with E-state index in [1.54, 1.807) is 24.4 Å². The Kier molecular flexibility index (Phi) is 6.14. The smallest absolute Gasteiger partial charge is 0.272 e. The lowest BCUT2D eigenvalue weighted by atomic mass is 10.1. The number of nitrogen functional groups attached to an aromatic ring is 1. The molecular weight excluding hydrogens is 450 g/mol. The number of hydrogen-bond donors (Lipinski definition) is 2. The van der Waals surface area contributed by atoms with Crippen LogP contribution in [0.4, 0.5) is 10.8 Å². The highest BCUT2D eigenvalue weighted by Crippen LogP contribution is 2.29. The van der Waals surface area contributed by atoms with Gasteiger partial charge < -0.3 is 11.2 Å². The molecule has 0 aliphatic heterocycles. The van der Waals surface area contributed by atoms with Gasteiger partial charge in [-0.1, -0.05) is 54.2 Å². The zero-order chi connectivity index (χ0) is 22.7. The molecule has 4 aromatic rings. The summed E-state index contributed by atoms with van der Waals surface area (Å²) in [4.78, 5) is 27.5. The van der Waals surface area contributed by atoms with Crippen LogP contribution in [0.2, 0.25) is 0 Å². The Bertz CT molecular complexity index is 1290. The lowest BCUT2D eigenvalue weighted by Crippen LogP contribution is -2.16. The molecule has 0 radical (unpaired) electrons. The van der Waals surface area contributed by atoms with E-state index in [1.165, 1.54) is 22.1 Å². The average Bonchev–Trinajstić information content (AvgIpc) is 3.39. The Hall–Kier alpha value is -3.77. The number of aromatic nitrogens is 4. The van der Waals surface area contributed by atoms with Crippen LogP contribution in [-0.2, 0) is 4.79 Å². The van der Waals surface area contributed by atoms with Crippen molar-refractivity contribution >= 4 is 39.8 Å². The van der Waals surface area contributed by atoms with Gasteiger partial charge in [0.05, 0.1) is 16.4 Å². The first-order valence-corrected chi connectivity index (χ1v) is 11.2. The molecule has 162 valence electrons. The number of nitrogens with zero attached hydrogens (tertiary/aromatic N) is 5. The standard InChI is InChI=1S/C20H17N7O3S2/c1-12-7-8-14(9-16(12)27(29)30)15-10-31-19(22-15)23-17(28)11-32-20-25-24-18(26(20)21)13-5-3-2-4-6-13/h2-10H,11,21H2,1H3,(H,22,23,28). The van der Waals surface area contributed by atoms with Gasteiger partial charge in [0, 0.05) is 28.1 Å². The van der Waals surface area contributed by atoms with Crippen molar-refractivity contribution in [2.75, 3.05) is 16.9 Å². The summed E-state index contributed by atoms with van der Waals surface area (Å²) >= 11 is 2.39. The minimum absolute atomic E-state index is 0.0262. The van der Waals surface area contributed by atoms with Crippen molar-refractivity contribution < 1.29 is 9.72 Å². The summed E-state index contributed by atoms with van der Waals surface area (Å²) < 4.78 is 1.35. The van der Waals surface area contributed by atoms with Crippen molar-refractivity contribution in [1.29, 1.82) is 0 Å². The molecule has 2 aromatic heterocycles. The van der Waals surface area contributed by atoms with Gasteiger partial charge >= 0.3 is 0 Å². The first-order chi connectivity index (χ1) is 15.4. The summed E-state index contributed by atoms with van der Waals surface area (Å²) in [6.07, 6.45) is 0. The second-order valence-electron chi connectivity index (χ2n) is 6.68. The van der Waals surface area contributed by atoms with Gasteiger partial charge in [-0.2, -0.15) is 0 Å². The van der Waals surface area contributed by atoms with Gasteiger partial charge in [-0.05, 0) is 6.92 Å². The number of nitro benzene ring substituents is 1. The first kappa shape index (κ1) is 21.5. The van der Waals surface area contributed by atoms with Gasteiger partial charge in [0.2, 0.25) is 11.1 Å². The van der Waals surface area contributed by atoms with E-state index < -0.39 is 4.92 Å². The number of nitrogens with two attached hydrogens (primary N) is 1. The maximum absolute atomic E-state index is 12.4. The van der Waals surface area contributed by atoms with Crippen molar-refractivity contribution in [3.63, 3.8) is 0 Å². The minimum Gasteiger partial charge on any atom is -0.335 e. The van der Waals surface area contributed by atoms with E-state index in [4.69, 9.17) is 5.84 Å². The fourth-order valence-corrected chi connectivity index (χ4v) is 4.27. The van der Waals surface area contributed by atoms with Gasteiger partial charge in [0.1, 0.15) is 0 Å². The molecule has 1 amide bonds. The molecule has 32 heavy (non-hydrogen) atoms. The number of carbonyl (C=O) groups excluding carboxylic acids is 1. The summed E-state index contributed by atoms with van der Waals surface area (Å²) in [7, 11) is 0. The molecule has 0 atom stereocenters. The average molecular weight is 468 g/mol. The molecule has 0 unspecified atom stereocenters. The van der Waals surface area contributed by atoms with E-state index >= 15 is 0 Å². The number of carbonyl (C=O) groups is 1. The predicted octanol–water partition coefficient (Wildman–Crippen LogP) is 3.73. The van der Waals surface area contributed by atoms with E-state index in [-0.39, 0.29) is 17.3 Å². The molecule has 2 aromatic carbocycles. The maximum atomic E-state index is 12.4. The lowest BCUT2D eigenvalue weighted by molar-refractivity contribution is -0.385. The van der Waals surface area contributed by atoms with Gasteiger partial charge in [0.25, 0.3) is 5.69 Å². The molecule has 0 aliphatic rings. The zero-order valence-corrected chi connectivity index (χ0v) is 18.4. The van der Waals surface area contributed by atoms with Crippen LogP contribution >= 0.6 is 23.1 Å².